The quantitative estimate of drug-likeness (QED) is 0.546. The minimum atomic E-state index is 0.797. The van der Waals surface area contributed by atoms with E-state index in [2.05, 4.69) is 17.4 Å². The van der Waals surface area contributed by atoms with Crippen LogP contribution in [-0.2, 0) is 11.2 Å². The van der Waals surface area contributed by atoms with Gasteiger partial charge in [0.25, 0.3) is 0 Å². The second-order valence-corrected chi connectivity index (χ2v) is 3.09. The highest BCUT2D eigenvalue weighted by molar-refractivity contribution is 5.74. The summed E-state index contributed by atoms with van der Waals surface area (Å²) in [5, 5.41) is 3.29. The Kier molecular flexibility index (Phi) is 2.13. The molecule has 0 spiro atoms. The molecule has 0 amide bonds. The molecule has 0 saturated carbocycles. The fourth-order valence-electron chi connectivity index (χ4n) is 1.58. The molecule has 0 aliphatic carbocycles. The Balaban J connectivity index is 2.30. The van der Waals surface area contributed by atoms with Crippen molar-refractivity contribution < 1.29 is 4.79 Å². The maximum absolute atomic E-state index is 10.1. The highest BCUT2D eigenvalue weighted by atomic mass is 16.1. The molecule has 66 valence electrons. The molecule has 13 heavy (non-hydrogen) atoms. The summed E-state index contributed by atoms with van der Waals surface area (Å²) in [4.78, 5) is 10.1. The van der Waals surface area contributed by atoms with Gasteiger partial charge in [0.1, 0.15) is 6.29 Å². The topological polar surface area (TPSA) is 29.1 Å². The van der Waals surface area contributed by atoms with Crippen LogP contribution in [0, 0.1) is 0 Å². The Hall–Kier alpha value is -1.57. The summed E-state index contributed by atoms with van der Waals surface area (Å²) in [6, 6.07) is 6.19. The number of nitrogens with one attached hydrogen (secondary N) is 1. The molecule has 0 radical (unpaired) electrons. The van der Waals surface area contributed by atoms with Crippen molar-refractivity contribution in [2.75, 3.05) is 11.9 Å². The van der Waals surface area contributed by atoms with Gasteiger partial charge in [-0.2, -0.15) is 0 Å². The number of benzene rings is 1. The third-order valence-electron chi connectivity index (χ3n) is 2.21. The summed E-state index contributed by atoms with van der Waals surface area (Å²) in [5.41, 5.74) is 3.66. The van der Waals surface area contributed by atoms with E-state index in [1.165, 1.54) is 17.3 Å². The van der Waals surface area contributed by atoms with Crippen molar-refractivity contribution >= 4 is 18.0 Å². The standard InChI is InChI=1S/C11H11NO/c13-7-1-2-9-3-4-11-10(8-9)5-6-12-11/h1-4,7-8,12H,5-6H2. The van der Waals surface area contributed by atoms with Gasteiger partial charge >= 0.3 is 0 Å². The molecule has 0 atom stereocenters. The molecule has 2 nitrogen and oxygen atoms in total. The van der Waals surface area contributed by atoms with Crippen LogP contribution in [0.2, 0.25) is 0 Å². The van der Waals surface area contributed by atoms with Crippen molar-refractivity contribution in [3.8, 4) is 0 Å². The smallest absolute Gasteiger partial charge is 0.142 e. The first-order chi connectivity index (χ1) is 6.40. The van der Waals surface area contributed by atoms with Crippen LogP contribution in [0.15, 0.2) is 24.3 Å². The minimum Gasteiger partial charge on any atom is -0.384 e. The van der Waals surface area contributed by atoms with Crippen molar-refractivity contribution in [3.63, 3.8) is 0 Å². The summed E-state index contributed by atoms with van der Waals surface area (Å²) >= 11 is 0. The first-order valence-electron chi connectivity index (χ1n) is 4.39. The lowest BCUT2D eigenvalue weighted by atomic mass is 10.1. The molecule has 1 aliphatic heterocycles. The number of carbonyl (C=O) groups excluding carboxylic acids is 1. The third-order valence-corrected chi connectivity index (χ3v) is 2.21. The summed E-state index contributed by atoms with van der Waals surface area (Å²) in [7, 11) is 0. The zero-order valence-electron chi connectivity index (χ0n) is 7.29. The van der Waals surface area contributed by atoms with Gasteiger partial charge in [0.05, 0.1) is 0 Å². The van der Waals surface area contributed by atoms with Crippen LogP contribution >= 0.6 is 0 Å². The Morgan fingerprint density at radius 3 is 3.15 bits per heavy atom. The normalized spacial score (nSPS) is 14.2. The molecule has 1 N–H and O–H groups in total. The van der Waals surface area contributed by atoms with E-state index in [9.17, 15) is 4.79 Å². The largest absolute Gasteiger partial charge is 0.384 e. The summed E-state index contributed by atoms with van der Waals surface area (Å²) in [5.74, 6) is 0. The monoisotopic (exact) mass is 173 g/mol. The zero-order valence-corrected chi connectivity index (χ0v) is 7.29. The third kappa shape index (κ3) is 1.61. The van der Waals surface area contributed by atoms with Crippen LogP contribution in [-0.4, -0.2) is 12.8 Å². The van der Waals surface area contributed by atoms with E-state index in [1.807, 2.05) is 12.1 Å². The van der Waals surface area contributed by atoms with Crippen molar-refractivity contribution in [3.05, 3.63) is 35.4 Å². The lowest BCUT2D eigenvalue weighted by Gasteiger charge is -1.99. The number of hydrogen-bond acceptors (Lipinski definition) is 2. The van der Waals surface area contributed by atoms with Crippen LogP contribution in [0.4, 0.5) is 5.69 Å². The van der Waals surface area contributed by atoms with Gasteiger partial charge in [0.15, 0.2) is 0 Å². The highest BCUT2D eigenvalue weighted by Crippen LogP contribution is 2.23. The predicted molar refractivity (Wildman–Crippen MR) is 53.7 cm³/mol. The van der Waals surface area contributed by atoms with Gasteiger partial charge in [-0.15, -0.1) is 0 Å². The van der Waals surface area contributed by atoms with Crippen molar-refractivity contribution in [2.24, 2.45) is 0 Å². The predicted octanol–water partition coefficient (Wildman–Crippen LogP) is 1.87. The molecule has 0 aromatic heterocycles. The number of carbonyl (C=O) groups is 1. The number of hydrogen-bond donors (Lipinski definition) is 1. The number of anilines is 1. The van der Waals surface area contributed by atoms with Crippen LogP contribution in [0.3, 0.4) is 0 Å². The Morgan fingerprint density at radius 2 is 2.31 bits per heavy atom. The van der Waals surface area contributed by atoms with E-state index in [0.717, 1.165) is 24.8 Å². The Bertz CT molecular complexity index is 355. The average molecular weight is 173 g/mol. The molecule has 2 heteroatoms. The summed E-state index contributed by atoms with van der Waals surface area (Å²) in [6.07, 6.45) is 5.22. The Morgan fingerprint density at radius 1 is 1.38 bits per heavy atom. The summed E-state index contributed by atoms with van der Waals surface area (Å²) in [6.45, 7) is 1.02. The minimum absolute atomic E-state index is 0.797. The SMILES string of the molecule is O=CC=Cc1ccc2c(c1)CCN2. The van der Waals surface area contributed by atoms with E-state index in [-0.39, 0.29) is 0 Å². The summed E-state index contributed by atoms with van der Waals surface area (Å²) < 4.78 is 0. The van der Waals surface area contributed by atoms with Crippen molar-refractivity contribution in [1.29, 1.82) is 0 Å². The van der Waals surface area contributed by atoms with Gasteiger partial charge in [0.2, 0.25) is 0 Å². The average Bonchev–Trinajstić information content (AvgIpc) is 2.61. The molecule has 0 fully saturated rings. The number of allylic oxidation sites excluding steroid dienone is 1. The van der Waals surface area contributed by atoms with E-state index >= 15 is 0 Å². The Labute approximate surface area is 77.3 Å². The lowest BCUT2D eigenvalue weighted by molar-refractivity contribution is -0.104. The number of rotatable bonds is 2. The zero-order chi connectivity index (χ0) is 9.10. The fourth-order valence-corrected chi connectivity index (χ4v) is 1.58. The fraction of sp³-hybridized carbons (Fsp3) is 0.182. The van der Waals surface area contributed by atoms with Crippen LogP contribution in [0.5, 0.6) is 0 Å². The van der Waals surface area contributed by atoms with E-state index < -0.39 is 0 Å². The van der Waals surface area contributed by atoms with Gasteiger partial charge in [-0.1, -0.05) is 12.1 Å². The molecule has 0 saturated heterocycles. The molecule has 1 aromatic carbocycles. The number of fused-ring (bicyclic) bond motifs is 1. The van der Waals surface area contributed by atoms with Crippen molar-refractivity contribution in [2.45, 2.75) is 6.42 Å². The lowest BCUT2D eigenvalue weighted by Crippen LogP contribution is -1.90. The van der Waals surface area contributed by atoms with Gasteiger partial charge in [-0.3, -0.25) is 4.79 Å². The number of aldehydes is 1. The van der Waals surface area contributed by atoms with Gasteiger partial charge < -0.3 is 5.32 Å². The maximum atomic E-state index is 10.1. The molecule has 2 rings (SSSR count). The van der Waals surface area contributed by atoms with Crippen molar-refractivity contribution in [1.82, 2.24) is 0 Å². The highest BCUT2D eigenvalue weighted by Gasteiger charge is 2.08. The van der Waals surface area contributed by atoms with Crippen LogP contribution in [0.1, 0.15) is 11.1 Å². The van der Waals surface area contributed by atoms with E-state index in [4.69, 9.17) is 0 Å². The molecular formula is C11H11NO. The molecule has 1 aliphatic rings. The first-order valence-corrected chi connectivity index (χ1v) is 4.39. The van der Waals surface area contributed by atoms with Crippen LogP contribution < -0.4 is 5.32 Å². The molecule has 1 aromatic rings. The molecule has 1 heterocycles. The first kappa shape index (κ1) is 8.05. The van der Waals surface area contributed by atoms with Gasteiger partial charge in [-0.05, 0) is 35.8 Å². The maximum Gasteiger partial charge on any atom is 0.142 e. The van der Waals surface area contributed by atoms with Crippen LogP contribution in [0.25, 0.3) is 6.08 Å². The molecule has 0 bridgehead atoms. The van der Waals surface area contributed by atoms with E-state index in [0.29, 0.717) is 0 Å². The second-order valence-electron chi connectivity index (χ2n) is 3.09. The van der Waals surface area contributed by atoms with Gasteiger partial charge in [-0.25, -0.2) is 0 Å². The molecular weight excluding hydrogens is 162 g/mol. The van der Waals surface area contributed by atoms with Gasteiger partial charge in [0, 0.05) is 12.2 Å². The van der Waals surface area contributed by atoms with E-state index in [1.54, 1.807) is 0 Å². The second kappa shape index (κ2) is 3.44. The molecule has 0 unspecified atom stereocenters.